The second kappa shape index (κ2) is 2.97. The van der Waals surface area contributed by atoms with Crippen LogP contribution < -0.4 is 16.6 Å². The van der Waals surface area contributed by atoms with E-state index in [9.17, 15) is 9.59 Å². The van der Waals surface area contributed by atoms with Crippen molar-refractivity contribution in [3.63, 3.8) is 0 Å². The van der Waals surface area contributed by atoms with Crippen LogP contribution in [-0.2, 0) is 14.1 Å². The van der Waals surface area contributed by atoms with Crippen molar-refractivity contribution in [2.75, 3.05) is 12.4 Å². The second-order valence-electron chi connectivity index (χ2n) is 3.24. The third kappa shape index (κ3) is 1.16. The predicted molar refractivity (Wildman–Crippen MR) is 56.1 cm³/mol. The van der Waals surface area contributed by atoms with E-state index in [2.05, 4.69) is 15.3 Å². The molecule has 0 radical (unpaired) electrons. The number of H-pyrrole nitrogens is 1. The van der Waals surface area contributed by atoms with Crippen LogP contribution in [0.3, 0.4) is 0 Å². The molecule has 0 atom stereocenters. The molecular formula is C8H11N5O2. The summed E-state index contributed by atoms with van der Waals surface area (Å²) in [6.45, 7) is 0. The van der Waals surface area contributed by atoms with Gasteiger partial charge in [0.25, 0.3) is 5.56 Å². The normalized spacial score (nSPS) is 10.9. The molecule has 15 heavy (non-hydrogen) atoms. The third-order valence-electron chi connectivity index (χ3n) is 2.33. The highest BCUT2D eigenvalue weighted by Crippen LogP contribution is 2.06. The van der Waals surface area contributed by atoms with Crippen molar-refractivity contribution in [2.45, 2.75) is 0 Å². The topological polar surface area (TPSA) is 84.7 Å². The molecule has 0 saturated heterocycles. The number of hydrogen-bond donors (Lipinski definition) is 2. The molecule has 2 rings (SSSR count). The number of rotatable bonds is 1. The molecule has 0 amide bonds. The number of imidazole rings is 1. The number of aromatic amines is 1. The van der Waals surface area contributed by atoms with E-state index in [1.807, 2.05) is 0 Å². The van der Waals surface area contributed by atoms with E-state index in [1.165, 1.54) is 11.6 Å². The van der Waals surface area contributed by atoms with Gasteiger partial charge >= 0.3 is 5.69 Å². The van der Waals surface area contributed by atoms with E-state index in [4.69, 9.17) is 0 Å². The number of nitrogens with zero attached hydrogens (tertiary/aromatic N) is 3. The fourth-order valence-corrected chi connectivity index (χ4v) is 1.44. The van der Waals surface area contributed by atoms with E-state index in [0.717, 1.165) is 4.57 Å². The molecule has 0 unspecified atom stereocenters. The van der Waals surface area contributed by atoms with Crippen LogP contribution >= 0.6 is 0 Å². The van der Waals surface area contributed by atoms with Gasteiger partial charge in [0, 0.05) is 21.1 Å². The first-order valence-corrected chi connectivity index (χ1v) is 4.39. The Labute approximate surface area is 84.4 Å². The SMILES string of the molecule is CNc1nc2c([nH]1)c(=O)n(C)c(=O)n2C. The van der Waals surface area contributed by atoms with Gasteiger partial charge in [0.2, 0.25) is 5.95 Å². The molecule has 0 bridgehead atoms. The Morgan fingerprint density at radius 3 is 2.53 bits per heavy atom. The maximum Gasteiger partial charge on any atom is 0.332 e. The zero-order valence-corrected chi connectivity index (χ0v) is 8.66. The molecule has 0 spiro atoms. The average molecular weight is 209 g/mol. The highest BCUT2D eigenvalue weighted by atomic mass is 16.2. The Bertz CT molecular complexity index is 633. The van der Waals surface area contributed by atoms with E-state index in [1.54, 1.807) is 14.1 Å². The first-order chi connectivity index (χ1) is 7.06. The van der Waals surface area contributed by atoms with Crippen LogP contribution in [0.5, 0.6) is 0 Å². The number of anilines is 1. The molecule has 0 aromatic carbocycles. The number of aryl methyl sites for hydroxylation is 1. The summed E-state index contributed by atoms with van der Waals surface area (Å²) in [4.78, 5) is 30.1. The molecule has 0 aliphatic rings. The standard InChI is InChI=1S/C8H11N5O2/c1-9-7-10-4-5(11-7)12(2)8(15)13(3)6(4)14/h1-3H3,(H2,9,10,11). The Hall–Kier alpha value is -2.05. The number of hydrogen-bond acceptors (Lipinski definition) is 4. The zero-order valence-electron chi connectivity index (χ0n) is 8.66. The van der Waals surface area contributed by atoms with E-state index >= 15 is 0 Å². The van der Waals surface area contributed by atoms with E-state index in [-0.39, 0.29) is 11.2 Å². The maximum absolute atomic E-state index is 11.7. The summed E-state index contributed by atoms with van der Waals surface area (Å²) >= 11 is 0. The minimum absolute atomic E-state index is 0.323. The van der Waals surface area contributed by atoms with Gasteiger partial charge in [0.05, 0.1) is 0 Å². The molecular weight excluding hydrogens is 198 g/mol. The summed E-state index contributed by atoms with van der Waals surface area (Å²) < 4.78 is 2.37. The van der Waals surface area contributed by atoms with Gasteiger partial charge in [-0.1, -0.05) is 0 Å². The monoisotopic (exact) mass is 209 g/mol. The Balaban J connectivity index is 3.04. The molecule has 0 aliphatic heterocycles. The van der Waals surface area contributed by atoms with Gasteiger partial charge in [-0.3, -0.25) is 13.9 Å². The van der Waals surface area contributed by atoms with Crippen LogP contribution in [-0.4, -0.2) is 26.1 Å². The lowest BCUT2D eigenvalue weighted by Crippen LogP contribution is -2.36. The largest absolute Gasteiger partial charge is 0.359 e. The molecule has 2 heterocycles. The van der Waals surface area contributed by atoms with Gasteiger partial charge < -0.3 is 10.3 Å². The summed E-state index contributed by atoms with van der Waals surface area (Å²) in [5.41, 5.74) is -0.0832. The summed E-state index contributed by atoms with van der Waals surface area (Å²) in [7, 11) is 4.69. The molecule has 0 aliphatic carbocycles. The molecule has 2 N–H and O–H groups in total. The zero-order chi connectivity index (χ0) is 11.2. The van der Waals surface area contributed by atoms with Crippen LogP contribution in [0.25, 0.3) is 11.2 Å². The van der Waals surface area contributed by atoms with Gasteiger partial charge in [0.1, 0.15) is 0 Å². The van der Waals surface area contributed by atoms with Crippen molar-refractivity contribution in [2.24, 2.45) is 14.1 Å². The van der Waals surface area contributed by atoms with Crippen molar-refractivity contribution in [3.8, 4) is 0 Å². The number of fused-ring (bicyclic) bond motifs is 1. The molecule has 2 aromatic rings. The number of nitrogens with one attached hydrogen (secondary N) is 2. The quantitative estimate of drug-likeness (QED) is 0.631. The van der Waals surface area contributed by atoms with Crippen LogP contribution in [0.1, 0.15) is 0 Å². The summed E-state index contributed by atoms with van der Waals surface area (Å²) in [5.74, 6) is 0.461. The van der Waals surface area contributed by atoms with Crippen LogP contribution in [0, 0.1) is 0 Å². The Morgan fingerprint density at radius 1 is 1.27 bits per heavy atom. The van der Waals surface area contributed by atoms with Gasteiger partial charge in [-0.15, -0.1) is 0 Å². The minimum Gasteiger partial charge on any atom is -0.359 e. The first-order valence-electron chi connectivity index (χ1n) is 4.39. The van der Waals surface area contributed by atoms with Crippen LogP contribution in [0.4, 0.5) is 5.95 Å². The highest BCUT2D eigenvalue weighted by molar-refractivity contribution is 5.72. The van der Waals surface area contributed by atoms with Crippen LogP contribution in [0.2, 0.25) is 0 Å². The first kappa shape index (κ1) is 9.50. The molecule has 0 saturated carbocycles. The molecule has 80 valence electrons. The van der Waals surface area contributed by atoms with Crippen molar-refractivity contribution in [3.05, 3.63) is 20.8 Å². The van der Waals surface area contributed by atoms with Crippen molar-refractivity contribution < 1.29 is 0 Å². The van der Waals surface area contributed by atoms with Crippen molar-refractivity contribution >= 4 is 17.1 Å². The maximum atomic E-state index is 11.7. The van der Waals surface area contributed by atoms with Gasteiger partial charge in [0.15, 0.2) is 11.2 Å². The smallest absolute Gasteiger partial charge is 0.332 e. The molecule has 7 nitrogen and oxygen atoms in total. The minimum atomic E-state index is -0.387. The Morgan fingerprint density at radius 2 is 1.93 bits per heavy atom. The number of aromatic nitrogens is 4. The summed E-state index contributed by atoms with van der Waals surface area (Å²) in [5, 5.41) is 2.78. The molecule has 2 aromatic heterocycles. The fourth-order valence-electron chi connectivity index (χ4n) is 1.44. The fraction of sp³-hybridized carbons (Fsp3) is 0.375. The summed E-state index contributed by atoms with van der Waals surface area (Å²) in [6, 6.07) is 0. The molecule has 0 fully saturated rings. The van der Waals surface area contributed by atoms with Crippen molar-refractivity contribution in [1.82, 2.24) is 19.1 Å². The van der Waals surface area contributed by atoms with E-state index < -0.39 is 0 Å². The molecule has 7 heteroatoms. The lowest BCUT2D eigenvalue weighted by atomic mass is 10.5. The Kier molecular flexibility index (Phi) is 1.88. The lowest BCUT2D eigenvalue weighted by Gasteiger charge is -2.00. The van der Waals surface area contributed by atoms with Crippen molar-refractivity contribution in [1.29, 1.82) is 0 Å². The summed E-state index contributed by atoms with van der Waals surface area (Å²) in [6.07, 6.45) is 0. The van der Waals surface area contributed by atoms with Gasteiger partial charge in [-0.05, 0) is 0 Å². The third-order valence-corrected chi connectivity index (χ3v) is 2.33. The average Bonchev–Trinajstić information content (AvgIpc) is 2.67. The second-order valence-corrected chi connectivity index (χ2v) is 3.24. The predicted octanol–water partition coefficient (Wildman–Crippen LogP) is -0.998. The van der Waals surface area contributed by atoms with Crippen LogP contribution in [0.15, 0.2) is 9.59 Å². The van der Waals surface area contributed by atoms with Gasteiger partial charge in [-0.25, -0.2) is 4.79 Å². The van der Waals surface area contributed by atoms with Gasteiger partial charge in [-0.2, -0.15) is 4.98 Å². The highest BCUT2D eigenvalue weighted by Gasteiger charge is 2.12. The lowest BCUT2D eigenvalue weighted by molar-refractivity contribution is 0.709. The van der Waals surface area contributed by atoms with E-state index in [0.29, 0.717) is 17.1 Å².